The van der Waals surface area contributed by atoms with Crippen LogP contribution in [-0.4, -0.2) is 48.4 Å². The van der Waals surface area contributed by atoms with Crippen LogP contribution in [-0.2, 0) is 0 Å². The minimum atomic E-state index is -1.18. The van der Waals surface area contributed by atoms with Gasteiger partial charge in [-0.05, 0) is 50.3 Å². The van der Waals surface area contributed by atoms with Crippen molar-refractivity contribution >= 4 is 35.0 Å². The zero-order valence-corrected chi connectivity index (χ0v) is 17.2. The molecule has 3 aliphatic rings. The van der Waals surface area contributed by atoms with Gasteiger partial charge in [0.05, 0.1) is 23.7 Å². The fourth-order valence-corrected chi connectivity index (χ4v) is 4.89. The molecule has 1 aliphatic carbocycles. The van der Waals surface area contributed by atoms with Crippen LogP contribution < -0.4 is 20.4 Å². The number of benzene rings is 1. The van der Waals surface area contributed by atoms with E-state index in [-0.39, 0.29) is 24.0 Å². The second-order valence-corrected chi connectivity index (χ2v) is 8.20. The molecule has 2 atom stereocenters. The van der Waals surface area contributed by atoms with Gasteiger partial charge in [-0.2, -0.15) is 0 Å². The molecule has 1 aromatic heterocycles. The quantitative estimate of drug-likeness (QED) is 0.792. The molecule has 0 bridgehead atoms. The van der Waals surface area contributed by atoms with E-state index in [0.717, 1.165) is 43.7 Å². The van der Waals surface area contributed by atoms with Gasteiger partial charge in [-0.25, -0.2) is 4.79 Å². The molecule has 0 radical (unpaired) electrons. The fourth-order valence-electron chi connectivity index (χ4n) is 4.89. The van der Waals surface area contributed by atoms with Crippen LogP contribution in [0.1, 0.15) is 42.1 Å². The third kappa shape index (κ3) is 3.26. The largest absolute Gasteiger partial charge is 0.492 e. The number of aromatic carboxylic acids is 1. The first-order chi connectivity index (χ1) is 13.6. The van der Waals surface area contributed by atoms with Gasteiger partial charge in [-0.3, -0.25) is 4.79 Å². The van der Waals surface area contributed by atoms with Crippen molar-refractivity contribution < 1.29 is 14.6 Å². The summed E-state index contributed by atoms with van der Waals surface area (Å²) in [5, 5.41) is 13.5. The van der Waals surface area contributed by atoms with E-state index in [1.807, 2.05) is 10.6 Å². The van der Waals surface area contributed by atoms with Crippen LogP contribution in [0.25, 0.3) is 10.9 Å². The first-order valence-corrected chi connectivity index (χ1v) is 10.1. The van der Waals surface area contributed by atoms with Crippen LogP contribution in [0, 0.1) is 5.92 Å². The van der Waals surface area contributed by atoms with Crippen LogP contribution in [0.5, 0.6) is 5.75 Å². The van der Waals surface area contributed by atoms with E-state index in [1.54, 1.807) is 13.2 Å². The van der Waals surface area contributed by atoms with E-state index in [9.17, 15) is 14.7 Å². The Bertz CT molecular complexity index is 1000. The summed E-state index contributed by atoms with van der Waals surface area (Å²) in [5.74, 6) is 0.130. The molecular weight excluding hydrogens is 394 g/mol. The minimum Gasteiger partial charge on any atom is -0.492 e. The van der Waals surface area contributed by atoms with E-state index in [4.69, 9.17) is 4.74 Å². The first-order valence-electron chi connectivity index (χ1n) is 10.1. The van der Waals surface area contributed by atoms with Gasteiger partial charge in [-0.15, -0.1) is 12.4 Å². The highest BCUT2D eigenvalue weighted by molar-refractivity contribution is 5.97. The normalized spacial score (nSPS) is 23.6. The van der Waals surface area contributed by atoms with Gasteiger partial charge in [0.2, 0.25) is 5.43 Å². The highest BCUT2D eigenvalue weighted by Gasteiger charge is 2.36. The highest BCUT2D eigenvalue weighted by Crippen LogP contribution is 2.43. The number of nitrogens with one attached hydrogen (secondary N) is 1. The highest BCUT2D eigenvalue weighted by atomic mass is 35.5. The number of carbonyl (C=O) groups is 1. The zero-order chi connectivity index (χ0) is 19.4. The number of ether oxygens (including phenoxy) is 1. The Kier molecular flexibility index (Phi) is 5.21. The summed E-state index contributed by atoms with van der Waals surface area (Å²) in [4.78, 5) is 26.7. The Balaban J connectivity index is 0.00000205. The van der Waals surface area contributed by atoms with Gasteiger partial charge in [0.1, 0.15) is 5.56 Å². The molecule has 29 heavy (non-hydrogen) atoms. The number of carboxylic acids is 1. The van der Waals surface area contributed by atoms with Crippen molar-refractivity contribution in [2.75, 3.05) is 31.6 Å². The maximum absolute atomic E-state index is 12.8. The number of fused-ring (bicyclic) bond motifs is 2. The Morgan fingerprint density at radius 3 is 2.69 bits per heavy atom. The summed E-state index contributed by atoms with van der Waals surface area (Å²) in [6.45, 7) is 2.97. The molecule has 3 heterocycles. The van der Waals surface area contributed by atoms with Crippen molar-refractivity contribution in [3.63, 3.8) is 0 Å². The standard InChI is InChI=1S/C21H25N3O4.ClH/c1-28-20-17(23-9-12-3-2-8-22-16(12)11-23)7-6-14-18(20)24(13-4-5-13)10-15(19(14)25)21(26)27;/h6-7,10,12-13,16,22H,2-5,8-9,11H2,1H3,(H,26,27);1H/t12-,16+;/m0./s1. The molecule has 2 N–H and O–H groups in total. The van der Waals surface area contributed by atoms with Crippen molar-refractivity contribution in [2.24, 2.45) is 5.92 Å². The lowest BCUT2D eigenvalue weighted by Crippen LogP contribution is -2.40. The third-order valence-corrected chi connectivity index (χ3v) is 6.44. The average Bonchev–Trinajstić information content (AvgIpc) is 3.45. The van der Waals surface area contributed by atoms with E-state index < -0.39 is 11.4 Å². The van der Waals surface area contributed by atoms with Crippen molar-refractivity contribution in [3.05, 3.63) is 34.1 Å². The number of carboxylic acid groups (broad SMARTS) is 1. The van der Waals surface area contributed by atoms with Crippen LogP contribution in [0.15, 0.2) is 23.1 Å². The van der Waals surface area contributed by atoms with Crippen LogP contribution in [0.2, 0.25) is 0 Å². The molecule has 5 rings (SSSR count). The smallest absolute Gasteiger partial charge is 0.341 e. The predicted molar refractivity (Wildman–Crippen MR) is 114 cm³/mol. The average molecular weight is 420 g/mol. The molecule has 1 saturated carbocycles. The monoisotopic (exact) mass is 419 g/mol. The summed E-state index contributed by atoms with van der Waals surface area (Å²) in [6.07, 6.45) is 5.93. The van der Waals surface area contributed by atoms with Crippen LogP contribution in [0.3, 0.4) is 0 Å². The van der Waals surface area contributed by atoms with Crippen molar-refractivity contribution in [2.45, 2.75) is 37.8 Å². The number of hydrogen-bond donors (Lipinski definition) is 2. The molecule has 3 fully saturated rings. The number of rotatable bonds is 4. The molecular formula is C21H26ClN3O4. The van der Waals surface area contributed by atoms with Gasteiger partial charge < -0.3 is 24.6 Å². The SMILES string of the molecule is COc1c(N2C[C@@H]3CCCN[C@@H]3C2)ccc2c(=O)c(C(=O)O)cn(C3CC3)c12.Cl. The molecule has 2 saturated heterocycles. The Morgan fingerprint density at radius 2 is 2.03 bits per heavy atom. The number of nitrogens with zero attached hydrogens (tertiary/aromatic N) is 2. The van der Waals surface area contributed by atoms with Crippen molar-refractivity contribution in [1.29, 1.82) is 0 Å². The van der Waals surface area contributed by atoms with Gasteiger partial charge in [0, 0.05) is 31.4 Å². The Hall–Kier alpha value is -2.25. The van der Waals surface area contributed by atoms with Crippen molar-refractivity contribution in [1.82, 2.24) is 9.88 Å². The lowest BCUT2D eigenvalue weighted by atomic mass is 9.94. The number of aromatic nitrogens is 1. The van der Waals surface area contributed by atoms with Gasteiger partial charge in [0.25, 0.3) is 0 Å². The Labute approximate surface area is 175 Å². The summed E-state index contributed by atoms with van der Waals surface area (Å²) in [6, 6.07) is 4.42. The van der Waals surface area contributed by atoms with Gasteiger partial charge in [-0.1, -0.05) is 0 Å². The van der Waals surface area contributed by atoms with Gasteiger partial charge >= 0.3 is 5.97 Å². The molecule has 2 aliphatic heterocycles. The number of halogens is 1. The lowest BCUT2D eigenvalue weighted by Gasteiger charge is -2.24. The maximum Gasteiger partial charge on any atom is 0.341 e. The maximum atomic E-state index is 12.8. The van der Waals surface area contributed by atoms with Crippen LogP contribution in [0.4, 0.5) is 5.69 Å². The van der Waals surface area contributed by atoms with E-state index in [2.05, 4.69) is 10.2 Å². The number of hydrogen-bond acceptors (Lipinski definition) is 5. The Morgan fingerprint density at radius 1 is 1.24 bits per heavy atom. The number of pyridine rings is 1. The zero-order valence-electron chi connectivity index (χ0n) is 16.4. The molecule has 0 amide bonds. The third-order valence-electron chi connectivity index (χ3n) is 6.44. The number of methoxy groups -OCH3 is 1. The lowest BCUT2D eigenvalue weighted by molar-refractivity contribution is 0.0695. The fraction of sp³-hybridized carbons (Fsp3) is 0.524. The van der Waals surface area contributed by atoms with E-state index >= 15 is 0 Å². The molecule has 0 spiro atoms. The first kappa shape index (κ1) is 20.0. The predicted octanol–water partition coefficient (Wildman–Crippen LogP) is 2.65. The molecule has 156 valence electrons. The van der Waals surface area contributed by atoms with E-state index in [0.29, 0.717) is 23.1 Å². The second kappa shape index (κ2) is 7.54. The van der Waals surface area contributed by atoms with Crippen LogP contribution >= 0.6 is 12.4 Å². The molecule has 0 unspecified atom stereocenters. The molecule has 2 aromatic rings. The summed E-state index contributed by atoms with van der Waals surface area (Å²) < 4.78 is 7.78. The number of piperidine rings is 1. The summed E-state index contributed by atoms with van der Waals surface area (Å²) >= 11 is 0. The summed E-state index contributed by atoms with van der Waals surface area (Å²) in [5.41, 5.74) is 1.09. The van der Waals surface area contributed by atoms with E-state index in [1.165, 1.54) is 19.0 Å². The number of anilines is 1. The minimum absolute atomic E-state index is 0. The second-order valence-electron chi connectivity index (χ2n) is 8.20. The van der Waals surface area contributed by atoms with Crippen molar-refractivity contribution in [3.8, 4) is 5.75 Å². The molecule has 7 nitrogen and oxygen atoms in total. The van der Waals surface area contributed by atoms with Gasteiger partial charge in [0.15, 0.2) is 5.75 Å². The molecule has 1 aromatic carbocycles. The topological polar surface area (TPSA) is 83.8 Å². The summed E-state index contributed by atoms with van der Waals surface area (Å²) in [7, 11) is 1.63. The molecule has 8 heteroatoms.